The molecule has 2 aliphatic heterocycles. The minimum Gasteiger partial charge on any atom is -0.394 e. The van der Waals surface area contributed by atoms with Gasteiger partial charge in [0, 0.05) is 17.8 Å². The molecular formula is C14H14N4O5. The third kappa shape index (κ3) is 2.05. The van der Waals surface area contributed by atoms with Crippen LogP contribution in [0.1, 0.15) is 11.8 Å². The molecule has 0 aliphatic carbocycles. The predicted molar refractivity (Wildman–Crippen MR) is 78.2 cm³/mol. The van der Waals surface area contributed by atoms with Gasteiger partial charge in [0.05, 0.1) is 12.0 Å². The Kier molecular flexibility index (Phi) is 3.16. The summed E-state index contributed by atoms with van der Waals surface area (Å²) in [4.78, 5) is 19.9. The average molecular weight is 318 g/mol. The predicted octanol–water partition coefficient (Wildman–Crippen LogP) is -0.992. The van der Waals surface area contributed by atoms with Crippen molar-refractivity contribution in [2.75, 3.05) is 11.9 Å². The summed E-state index contributed by atoms with van der Waals surface area (Å²) in [5.74, 6) is 0.0751. The van der Waals surface area contributed by atoms with Gasteiger partial charge in [-0.1, -0.05) is 0 Å². The molecule has 0 radical (unpaired) electrons. The molecule has 2 aromatic rings. The van der Waals surface area contributed by atoms with Crippen LogP contribution in [-0.2, 0) is 9.53 Å². The van der Waals surface area contributed by atoms with Gasteiger partial charge in [0.15, 0.2) is 6.23 Å². The number of aliphatic hydroxyl groups is 3. The third-order valence-corrected chi connectivity index (χ3v) is 4.09. The van der Waals surface area contributed by atoms with Crippen molar-refractivity contribution in [2.45, 2.75) is 24.5 Å². The Labute approximate surface area is 129 Å². The van der Waals surface area contributed by atoms with Crippen LogP contribution >= 0.6 is 0 Å². The standard InChI is InChI=1S/C14H14N4O5/c19-4-7-10(21)11(22)14(23-7)18-3-6-1-2-8(20)17-12-9(6)13(18)16-5-15-12/h1-3,5,7,10-11,14,19,21-22H,4H2,(H,15,16,17,20)/t7-,10-,11-,14?/m1/s1. The Morgan fingerprint density at radius 3 is 2.83 bits per heavy atom. The molecule has 4 rings (SSSR count). The number of hydrogen-bond donors (Lipinski definition) is 4. The van der Waals surface area contributed by atoms with Crippen molar-refractivity contribution in [2.24, 2.45) is 0 Å². The molecule has 1 amide bonds. The lowest BCUT2D eigenvalue weighted by atomic mass is 10.1. The van der Waals surface area contributed by atoms with Crippen LogP contribution in [0.2, 0.25) is 0 Å². The zero-order valence-corrected chi connectivity index (χ0v) is 11.8. The summed E-state index contributed by atoms with van der Waals surface area (Å²) in [6.45, 7) is -0.406. The van der Waals surface area contributed by atoms with Crippen molar-refractivity contribution < 1.29 is 24.9 Å². The summed E-state index contributed by atoms with van der Waals surface area (Å²) in [7, 11) is 0. The maximum atomic E-state index is 11.6. The molecule has 2 aliphatic rings. The van der Waals surface area contributed by atoms with Gasteiger partial charge in [-0.2, -0.15) is 0 Å². The zero-order valence-electron chi connectivity index (χ0n) is 11.8. The van der Waals surface area contributed by atoms with Crippen LogP contribution in [0.15, 0.2) is 18.6 Å². The van der Waals surface area contributed by atoms with Crippen LogP contribution in [0.4, 0.5) is 5.82 Å². The molecule has 0 bridgehead atoms. The maximum absolute atomic E-state index is 11.6. The fourth-order valence-corrected chi connectivity index (χ4v) is 2.96. The topological polar surface area (TPSA) is 130 Å². The number of carbonyl (C=O) groups excluding carboxylic acids is 1. The first-order valence-electron chi connectivity index (χ1n) is 7.07. The zero-order chi connectivity index (χ0) is 16.1. The number of nitrogens with one attached hydrogen (secondary N) is 1. The molecule has 9 nitrogen and oxygen atoms in total. The van der Waals surface area contributed by atoms with E-state index in [0.29, 0.717) is 22.4 Å². The largest absolute Gasteiger partial charge is 0.394 e. The van der Waals surface area contributed by atoms with E-state index in [1.54, 1.807) is 16.8 Å². The van der Waals surface area contributed by atoms with Gasteiger partial charge >= 0.3 is 0 Å². The first kappa shape index (κ1) is 14.3. The van der Waals surface area contributed by atoms with E-state index in [4.69, 9.17) is 4.74 Å². The molecule has 2 aromatic heterocycles. The molecule has 1 unspecified atom stereocenters. The quantitative estimate of drug-likeness (QED) is 0.559. The maximum Gasteiger partial charge on any atom is 0.249 e. The minimum absolute atomic E-state index is 0.291. The lowest BCUT2D eigenvalue weighted by Gasteiger charge is -2.17. The number of hydrogen-bond acceptors (Lipinski definition) is 7. The second-order valence-corrected chi connectivity index (χ2v) is 5.46. The van der Waals surface area contributed by atoms with Crippen molar-refractivity contribution in [1.82, 2.24) is 14.5 Å². The van der Waals surface area contributed by atoms with E-state index in [9.17, 15) is 20.1 Å². The number of ether oxygens (including phenoxy) is 1. The van der Waals surface area contributed by atoms with Crippen molar-refractivity contribution >= 4 is 28.8 Å². The molecule has 4 N–H and O–H groups in total. The number of rotatable bonds is 2. The Morgan fingerprint density at radius 2 is 2.09 bits per heavy atom. The number of aliphatic hydroxyl groups excluding tert-OH is 3. The average Bonchev–Trinajstić information content (AvgIpc) is 2.99. The first-order valence-corrected chi connectivity index (χ1v) is 7.07. The number of aromatic nitrogens is 3. The normalized spacial score (nSPS) is 29.8. The van der Waals surface area contributed by atoms with Gasteiger partial charge < -0.3 is 29.9 Å². The fourth-order valence-electron chi connectivity index (χ4n) is 2.96. The molecule has 120 valence electrons. The van der Waals surface area contributed by atoms with Crippen LogP contribution < -0.4 is 5.32 Å². The molecule has 9 heteroatoms. The van der Waals surface area contributed by atoms with Gasteiger partial charge in [0.2, 0.25) is 5.91 Å². The summed E-state index contributed by atoms with van der Waals surface area (Å²) < 4.78 is 7.11. The SMILES string of the molecule is O=C1C=Cc2cn(C3O[C@H](CO)[C@@H](O)[C@H]3O)c3ncnc(c23)N1. The highest BCUT2D eigenvalue weighted by molar-refractivity contribution is 6.11. The molecule has 4 atom stereocenters. The lowest BCUT2D eigenvalue weighted by Crippen LogP contribution is -2.33. The molecule has 4 heterocycles. The molecule has 0 saturated carbocycles. The molecular weight excluding hydrogens is 304 g/mol. The third-order valence-electron chi connectivity index (χ3n) is 4.09. The van der Waals surface area contributed by atoms with Crippen molar-refractivity contribution in [3.8, 4) is 0 Å². The number of anilines is 1. The van der Waals surface area contributed by atoms with Gasteiger partial charge in [-0.25, -0.2) is 9.97 Å². The van der Waals surface area contributed by atoms with E-state index < -0.39 is 31.1 Å². The first-order chi connectivity index (χ1) is 11.1. The Morgan fingerprint density at radius 1 is 1.26 bits per heavy atom. The molecule has 0 spiro atoms. The van der Waals surface area contributed by atoms with E-state index in [1.807, 2.05) is 0 Å². The van der Waals surface area contributed by atoms with Gasteiger partial charge in [-0.05, 0) is 6.08 Å². The highest BCUT2D eigenvalue weighted by atomic mass is 16.6. The molecule has 0 aromatic carbocycles. The number of nitrogens with zero attached hydrogens (tertiary/aromatic N) is 3. The van der Waals surface area contributed by atoms with Gasteiger partial charge in [0.25, 0.3) is 0 Å². The van der Waals surface area contributed by atoms with Crippen LogP contribution in [0.3, 0.4) is 0 Å². The van der Waals surface area contributed by atoms with Crippen molar-refractivity contribution in [3.63, 3.8) is 0 Å². The van der Waals surface area contributed by atoms with E-state index >= 15 is 0 Å². The van der Waals surface area contributed by atoms with Crippen LogP contribution in [0.5, 0.6) is 0 Å². The smallest absolute Gasteiger partial charge is 0.249 e. The highest BCUT2D eigenvalue weighted by Crippen LogP contribution is 2.36. The summed E-state index contributed by atoms with van der Waals surface area (Å²) in [5.41, 5.74) is 1.14. The van der Waals surface area contributed by atoms with Crippen molar-refractivity contribution in [1.29, 1.82) is 0 Å². The van der Waals surface area contributed by atoms with Crippen LogP contribution in [0, 0.1) is 0 Å². The lowest BCUT2D eigenvalue weighted by molar-refractivity contribution is -0.111. The molecule has 1 fully saturated rings. The summed E-state index contributed by atoms with van der Waals surface area (Å²) >= 11 is 0. The second-order valence-electron chi connectivity index (χ2n) is 5.46. The van der Waals surface area contributed by atoms with Gasteiger partial charge in [-0.15, -0.1) is 0 Å². The van der Waals surface area contributed by atoms with Gasteiger partial charge in [0.1, 0.15) is 36.1 Å². The Hall–Kier alpha value is -2.33. The minimum atomic E-state index is -1.21. The fraction of sp³-hybridized carbons (Fsp3) is 0.357. The Bertz CT molecular complexity index is 817. The van der Waals surface area contributed by atoms with E-state index in [0.717, 1.165) is 0 Å². The summed E-state index contributed by atoms with van der Waals surface area (Å²) in [6.07, 6.45) is 1.77. The van der Waals surface area contributed by atoms with Crippen molar-refractivity contribution in [3.05, 3.63) is 24.2 Å². The van der Waals surface area contributed by atoms with Crippen LogP contribution in [-0.4, -0.2) is 60.7 Å². The van der Waals surface area contributed by atoms with Gasteiger partial charge in [-0.3, -0.25) is 4.79 Å². The molecule has 23 heavy (non-hydrogen) atoms. The van der Waals surface area contributed by atoms with Crippen LogP contribution in [0.25, 0.3) is 17.1 Å². The monoisotopic (exact) mass is 318 g/mol. The number of amides is 1. The van der Waals surface area contributed by atoms with E-state index in [-0.39, 0.29) is 5.91 Å². The summed E-state index contributed by atoms with van der Waals surface area (Å²) in [6, 6.07) is 0. The van der Waals surface area contributed by atoms with E-state index in [2.05, 4.69) is 15.3 Å². The molecule has 1 saturated heterocycles. The number of carbonyl (C=O) groups is 1. The highest BCUT2D eigenvalue weighted by Gasteiger charge is 2.44. The summed E-state index contributed by atoms with van der Waals surface area (Å²) in [5, 5.41) is 32.6. The Balaban J connectivity index is 1.87. The van der Waals surface area contributed by atoms with E-state index in [1.165, 1.54) is 12.4 Å². The second kappa shape index (κ2) is 5.10.